The third-order valence-corrected chi connectivity index (χ3v) is 4.05. The van der Waals surface area contributed by atoms with Crippen LogP contribution >= 0.6 is 0 Å². The Hall–Kier alpha value is -2.89. The molecule has 0 fully saturated rings. The lowest BCUT2D eigenvalue weighted by Crippen LogP contribution is -2.44. The van der Waals surface area contributed by atoms with Crippen LogP contribution in [0.3, 0.4) is 0 Å². The van der Waals surface area contributed by atoms with Crippen LogP contribution in [0.5, 0.6) is 5.75 Å². The van der Waals surface area contributed by atoms with E-state index in [0.29, 0.717) is 17.9 Å². The summed E-state index contributed by atoms with van der Waals surface area (Å²) in [5.41, 5.74) is 3.00. The quantitative estimate of drug-likeness (QED) is 0.796. The van der Waals surface area contributed by atoms with Crippen LogP contribution in [0, 0.1) is 19.8 Å². The highest BCUT2D eigenvalue weighted by Crippen LogP contribution is 2.26. The van der Waals surface area contributed by atoms with Gasteiger partial charge in [-0.25, -0.2) is 4.79 Å². The molecule has 1 aromatic heterocycles. The van der Waals surface area contributed by atoms with Crippen molar-refractivity contribution >= 4 is 11.9 Å². The number of pyridine rings is 1. The van der Waals surface area contributed by atoms with Crippen LogP contribution in [0.15, 0.2) is 36.7 Å². The molecule has 2 aromatic rings. The van der Waals surface area contributed by atoms with Gasteiger partial charge in [-0.05, 0) is 49.1 Å². The van der Waals surface area contributed by atoms with Crippen LogP contribution in [-0.2, 0) is 11.4 Å². The number of carbonyl (C=O) groups is 2. The van der Waals surface area contributed by atoms with Crippen molar-refractivity contribution in [3.05, 3.63) is 58.9 Å². The monoisotopic (exact) mass is 356 g/mol. The summed E-state index contributed by atoms with van der Waals surface area (Å²) in [6.45, 7) is 7.62. The topological polar surface area (TPSA) is 88.5 Å². The number of ether oxygens (including phenoxy) is 1. The Morgan fingerprint density at radius 1 is 1.23 bits per heavy atom. The number of carbonyl (C=O) groups excluding carboxylic acids is 1. The van der Waals surface area contributed by atoms with Gasteiger partial charge in [0.25, 0.3) is 5.91 Å². The third-order valence-electron chi connectivity index (χ3n) is 4.05. The van der Waals surface area contributed by atoms with Crippen molar-refractivity contribution in [2.24, 2.45) is 5.92 Å². The fraction of sp³-hybridized carbons (Fsp3) is 0.350. The number of aryl methyl sites for hydroxylation is 2. The van der Waals surface area contributed by atoms with Gasteiger partial charge >= 0.3 is 5.97 Å². The molecule has 0 spiro atoms. The smallest absolute Gasteiger partial charge is 0.326 e. The van der Waals surface area contributed by atoms with Crippen molar-refractivity contribution in [1.29, 1.82) is 0 Å². The van der Waals surface area contributed by atoms with Gasteiger partial charge in [0.1, 0.15) is 18.4 Å². The maximum absolute atomic E-state index is 12.4. The first kappa shape index (κ1) is 19.4. The molecule has 1 amide bonds. The van der Waals surface area contributed by atoms with Gasteiger partial charge in [-0.3, -0.25) is 9.78 Å². The van der Waals surface area contributed by atoms with Crippen LogP contribution in [-0.4, -0.2) is 28.0 Å². The standard InChI is InChI=1S/C20H24N2O4/c1-12(2)17(20(24)25)22-19(23)16-8-13(3)18(14(4)9-16)26-11-15-6-5-7-21-10-15/h5-10,12,17H,11H2,1-4H3,(H,22,23)(H,24,25). The molecule has 1 heterocycles. The molecule has 0 saturated carbocycles. The van der Waals surface area contributed by atoms with Gasteiger partial charge in [0.05, 0.1) is 0 Å². The second-order valence-electron chi connectivity index (χ2n) is 6.62. The predicted molar refractivity (Wildman–Crippen MR) is 98.2 cm³/mol. The Kier molecular flexibility index (Phi) is 6.33. The summed E-state index contributed by atoms with van der Waals surface area (Å²) < 4.78 is 5.88. The Morgan fingerprint density at radius 3 is 2.38 bits per heavy atom. The normalized spacial score (nSPS) is 11.9. The number of aliphatic carboxylic acids is 1. The van der Waals surface area contributed by atoms with E-state index in [1.54, 1.807) is 38.4 Å². The largest absolute Gasteiger partial charge is 0.488 e. The zero-order valence-electron chi connectivity index (χ0n) is 15.4. The van der Waals surface area contributed by atoms with Gasteiger partial charge in [0.2, 0.25) is 0 Å². The van der Waals surface area contributed by atoms with Crippen LogP contribution in [0.1, 0.15) is 40.9 Å². The number of aromatic nitrogens is 1. The van der Waals surface area contributed by atoms with Crippen molar-refractivity contribution < 1.29 is 19.4 Å². The molecule has 0 aliphatic carbocycles. The highest BCUT2D eigenvalue weighted by molar-refractivity contribution is 5.97. The first-order chi connectivity index (χ1) is 12.3. The van der Waals surface area contributed by atoms with Gasteiger partial charge in [0, 0.05) is 23.5 Å². The fourth-order valence-electron chi connectivity index (χ4n) is 2.69. The zero-order chi connectivity index (χ0) is 19.3. The number of hydrogen-bond acceptors (Lipinski definition) is 4. The number of nitrogens with one attached hydrogen (secondary N) is 1. The summed E-state index contributed by atoms with van der Waals surface area (Å²) in [6.07, 6.45) is 3.44. The van der Waals surface area contributed by atoms with Crippen molar-refractivity contribution in [3.8, 4) is 5.75 Å². The molecule has 0 saturated heterocycles. The van der Waals surface area contributed by atoms with Crippen LogP contribution in [0.2, 0.25) is 0 Å². The van der Waals surface area contributed by atoms with E-state index in [-0.39, 0.29) is 5.92 Å². The number of hydrogen-bond donors (Lipinski definition) is 2. The van der Waals surface area contributed by atoms with E-state index in [9.17, 15) is 14.7 Å². The maximum Gasteiger partial charge on any atom is 0.326 e. The van der Waals surface area contributed by atoms with E-state index in [1.165, 1.54) is 0 Å². The molecule has 2 rings (SSSR count). The molecule has 0 aliphatic rings. The lowest BCUT2D eigenvalue weighted by atomic mass is 10.0. The second kappa shape index (κ2) is 8.47. The molecule has 1 unspecified atom stereocenters. The van der Waals surface area contributed by atoms with Gasteiger partial charge in [-0.2, -0.15) is 0 Å². The summed E-state index contributed by atoms with van der Waals surface area (Å²) in [5.74, 6) is -0.945. The minimum absolute atomic E-state index is 0.208. The predicted octanol–water partition coefficient (Wildman–Crippen LogP) is 3.12. The Bertz CT molecular complexity index is 765. The summed E-state index contributed by atoms with van der Waals surface area (Å²) in [7, 11) is 0. The van der Waals surface area contributed by atoms with Gasteiger partial charge in [-0.15, -0.1) is 0 Å². The third kappa shape index (κ3) is 4.81. The van der Waals surface area contributed by atoms with E-state index in [4.69, 9.17) is 4.74 Å². The summed E-state index contributed by atoms with van der Waals surface area (Å²) in [6, 6.07) is 6.27. The van der Waals surface area contributed by atoms with Gasteiger partial charge in [-0.1, -0.05) is 19.9 Å². The molecule has 0 bridgehead atoms. The van der Waals surface area contributed by atoms with Gasteiger partial charge < -0.3 is 15.2 Å². The SMILES string of the molecule is Cc1cc(C(=O)NC(C(=O)O)C(C)C)cc(C)c1OCc1cccnc1. The minimum atomic E-state index is -1.04. The molecule has 138 valence electrons. The molecule has 1 aromatic carbocycles. The van der Waals surface area contributed by atoms with E-state index in [0.717, 1.165) is 16.7 Å². The van der Waals surface area contributed by atoms with Crippen LogP contribution in [0.4, 0.5) is 0 Å². The maximum atomic E-state index is 12.4. The number of benzene rings is 1. The zero-order valence-corrected chi connectivity index (χ0v) is 15.4. The molecule has 6 heteroatoms. The lowest BCUT2D eigenvalue weighted by molar-refractivity contribution is -0.140. The van der Waals surface area contributed by atoms with Crippen molar-refractivity contribution in [1.82, 2.24) is 10.3 Å². The summed E-state index contributed by atoms with van der Waals surface area (Å²) >= 11 is 0. The van der Waals surface area contributed by atoms with E-state index in [2.05, 4.69) is 10.3 Å². The minimum Gasteiger partial charge on any atom is -0.488 e. The molecule has 6 nitrogen and oxygen atoms in total. The highest BCUT2D eigenvalue weighted by Gasteiger charge is 2.24. The van der Waals surface area contributed by atoms with Crippen LogP contribution in [0.25, 0.3) is 0 Å². The van der Waals surface area contributed by atoms with Crippen molar-refractivity contribution in [2.45, 2.75) is 40.3 Å². The number of amides is 1. The van der Waals surface area contributed by atoms with E-state index < -0.39 is 17.9 Å². The average molecular weight is 356 g/mol. The van der Waals surface area contributed by atoms with Crippen molar-refractivity contribution in [2.75, 3.05) is 0 Å². The Balaban J connectivity index is 2.15. The number of rotatable bonds is 7. The highest BCUT2D eigenvalue weighted by atomic mass is 16.5. The lowest BCUT2D eigenvalue weighted by Gasteiger charge is -2.19. The second-order valence-corrected chi connectivity index (χ2v) is 6.62. The molecular weight excluding hydrogens is 332 g/mol. The average Bonchev–Trinajstić information content (AvgIpc) is 2.58. The molecule has 26 heavy (non-hydrogen) atoms. The van der Waals surface area contributed by atoms with Crippen molar-refractivity contribution in [3.63, 3.8) is 0 Å². The molecule has 1 atom stereocenters. The Labute approximate surface area is 153 Å². The molecule has 0 aliphatic heterocycles. The van der Waals surface area contributed by atoms with E-state index in [1.807, 2.05) is 26.0 Å². The van der Waals surface area contributed by atoms with Crippen LogP contribution < -0.4 is 10.1 Å². The Morgan fingerprint density at radius 2 is 1.88 bits per heavy atom. The van der Waals surface area contributed by atoms with E-state index >= 15 is 0 Å². The first-order valence-electron chi connectivity index (χ1n) is 8.46. The first-order valence-corrected chi connectivity index (χ1v) is 8.46. The molecule has 0 radical (unpaired) electrons. The molecular formula is C20H24N2O4. The number of carboxylic acids is 1. The molecule has 2 N–H and O–H groups in total. The van der Waals surface area contributed by atoms with Gasteiger partial charge in [0.15, 0.2) is 0 Å². The number of carboxylic acid groups (broad SMARTS) is 1. The summed E-state index contributed by atoms with van der Waals surface area (Å²) in [5, 5.41) is 11.8. The number of nitrogens with zero attached hydrogens (tertiary/aromatic N) is 1. The summed E-state index contributed by atoms with van der Waals surface area (Å²) in [4.78, 5) is 27.8. The fourth-order valence-corrected chi connectivity index (χ4v) is 2.69.